The molecule has 0 aromatic heterocycles. The largest absolute Gasteiger partial charge is 0.447 e. The van der Waals surface area contributed by atoms with E-state index >= 15 is 0 Å². The van der Waals surface area contributed by atoms with Crippen LogP contribution in [0.2, 0.25) is 0 Å². The first-order chi connectivity index (χ1) is 10.3. The minimum Gasteiger partial charge on any atom is -0.447 e. The highest BCUT2D eigenvalue weighted by Crippen LogP contribution is 2.41. The molecule has 1 aromatic rings. The third-order valence-corrected chi connectivity index (χ3v) is 4.54. The van der Waals surface area contributed by atoms with E-state index in [-0.39, 0.29) is 11.3 Å². The summed E-state index contributed by atoms with van der Waals surface area (Å²) in [6, 6.07) is 8.29. The predicted octanol–water partition coefficient (Wildman–Crippen LogP) is 3.79. The third-order valence-electron chi connectivity index (χ3n) is 4.54. The molecule has 0 bridgehead atoms. The highest BCUT2D eigenvalue weighted by Gasteiger charge is 2.49. The van der Waals surface area contributed by atoms with Crippen LogP contribution in [-0.2, 0) is 14.9 Å². The van der Waals surface area contributed by atoms with Crippen molar-refractivity contribution in [2.75, 3.05) is 0 Å². The zero-order valence-electron chi connectivity index (χ0n) is 13.8. The Morgan fingerprint density at radius 3 is 2.27 bits per heavy atom. The van der Waals surface area contributed by atoms with Crippen LogP contribution < -0.4 is 0 Å². The molecule has 2 aliphatic rings. The van der Waals surface area contributed by atoms with Gasteiger partial charge >= 0.3 is 0 Å². The van der Waals surface area contributed by atoms with Gasteiger partial charge < -0.3 is 4.74 Å². The average molecular weight is 300 g/mol. The maximum absolute atomic E-state index is 11.9. The van der Waals surface area contributed by atoms with Gasteiger partial charge in [-0.15, -0.1) is 5.10 Å². The zero-order valence-corrected chi connectivity index (χ0v) is 13.8. The fraction of sp³-hybridized carbons (Fsp3) is 0.556. The molecule has 22 heavy (non-hydrogen) atoms. The molecule has 1 aliphatic heterocycles. The minimum atomic E-state index is -0.538. The van der Waals surface area contributed by atoms with Crippen LogP contribution in [-0.4, -0.2) is 22.5 Å². The molecule has 1 fully saturated rings. The smallest absolute Gasteiger partial charge is 0.243 e. The fourth-order valence-corrected chi connectivity index (χ4v) is 3.25. The van der Waals surface area contributed by atoms with Crippen molar-refractivity contribution < 1.29 is 9.53 Å². The van der Waals surface area contributed by atoms with Gasteiger partial charge in [-0.25, -0.2) is 0 Å². The van der Waals surface area contributed by atoms with Gasteiger partial charge in [0.2, 0.25) is 17.5 Å². The van der Waals surface area contributed by atoms with Crippen LogP contribution in [0, 0.1) is 0 Å². The van der Waals surface area contributed by atoms with Crippen LogP contribution in [0.4, 0.5) is 0 Å². The number of carbonyl (C=O) groups is 1. The SMILES string of the molecule is CC(=O)N1N=C(c2ccc(C(C)(C)C)cc2)OC12CCCC2. The van der Waals surface area contributed by atoms with E-state index in [1.54, 1.807) is 11.9 Å². The highest BCUT2D eigenvalue weighted by atomic mass is 16.6. The van der Waals surface area contributed by atoms with Crippen LogP contribution in [0.1, 0.15) is 64.5 Å². The Hall–Kier alpha value is -1.84. The fourth-order valence-electron chi connectivity index (χ4n) is 3.25. The summed E-state index contributed by atoms with van der Waals surface area (Å²) in [5.41, 5.74) is 1.79. The van der Waals surface area contributed by atoms with E-state index in [2.05, 4.69) is 38.0 Å². The number of amides is 1. The van der Waals surface area contributed by atoms with E-state index in [1.165, 1.54) is 5.56 Å². The number of hydrazone groups is 1. The molecule has 0 N–H and O–H groups in total. The first kappa shape index (κ1) is 15.1. The van der Waals surface area contributed by atoms with Gasteiger partial charge in [-0.05, 0) is 36.0 Å². The third kappa shape index (κ3) is 2.51. The molecular weight excluding hydrogens is 276 g/mol. The predicted molar refractivity (Wildman–Crippen MR) is 86.5 cm³/mol. The van der Waals surface area contributed by atoms with Gasteiger partial charge in [0, 0.05) is 25.3 Å². The van der Waals surface area contributed by atoms with E-state index < -0.39 is 5.72 Å². The summed E-state index contributed by atoms with van der Waals surface area (Å²) in [7, 11) is 0. The van der Waals surface area contributed by atoms with Gasteiger partial charge in [0.15, 0.2) is 0 Å². The summed E-state index contributed by atoms with van der Waals surface area (Å²) in [6.07, 6.45) is 3.88. The van der Waals surface area contributed by atoms with Gasteiger partial charge in [-0.3, -0.25) is 4.79 Å². The summed E-state index contributed by atoms with van der Waals surface area (Å²) in [6.45, 7) is 8.13. The number of hydrogen-bond acceptors (Lipinski definition) is 3. The van der Waals surface area contributed by atoms with E-state index in [0.29, 0.717) is 5.90 Å². The molecule has 0 saturated heterocycles. The second-order valence-electron chi connectivity index (χ2n) is 7.32. The normalized spacial score (nSPS) is 20.2. The van der Waals surface area contributed by atoms with Crippen molar-refractivity contribution in [2.45, 2.75) is 64.5 Å². The molecule has 0 atom stereocenters. The summed E-state index contributed by atoms with van der Waals surface area (Å²) >= 11 is 0. The van der Waals surface area contributed by atoms with Gasteiger partial charge in [-0.1, -0.05) is 32.9 Å². The van der Waals surface area contributed by atoms with Gasteiger partial charge in [0.1, 0.15) is 0 Å². The van der Waals surface area contributed by atoms with Gasteiger partial charge in [-0.2, -0.15) is 5.01 Å². The first-order valence-corrected chi connectivity index (χ1v) is 8.01. The zero-order chi connectivity index (χ0) is 16.0. The number of hydrogen-bond donors (Lipinski definition) is 0. The van der Waals surface area contributed by atoms with E-state index in [0.717, 1.165) is 31.2 Å². The Kier molecular flexibility index (Phi) is 3.50. The van der Waals surface area contributed by atoms with E-state index in [9.17, 15) is 4.79 Å². The lowest BCUT2D eigenvalue weighted by Gasteiger charge is -2.29. The van der Waals surface area contributed by atoms with Crippen molar-refractivity contribution in [2.24, 2.45) is 5.10 Å². The summed E-state index contributed by atoms with van der Waals surface area (Å²) in [5.74, 6) is 0.515. The molecule has 118 valence electrons. The van der Waals surface area contributed by atoms with E-state index in [1.807, 2.05) is 12.1 Å². The molecule has 1 aromatic carbocycles. The van der Waals surface area contributed by atoms with Crippen LogP contribution in [0.3, 0.4) is 0 Å². The van der Waals surface area contributed by atoms with Crippen LogP contribution >= 0.6 is 0 Å². The molecule has 1 heterocycles. The monoisotopic (exact) mass is 300 g/mol. The lowest BCUT2D eigenvalue weighted by molar-refractivity contribution is -0.146. The lowest BCUT2D eigenvalue weighted by Crippen LogP contribution is -2.44. The number of carbonyl (C=O) groups excluding carboxylic acids is 1. The summed E-state index contributed by atoms with van der Waals surface area (Å²) in [4.78, 5) is 11.9. The first-order valence-electron chi connectivity index (χ1n) is 8.01. The molecule has 4 nitrogen and oxygen atoms in total. The molecule has 4 heteroatoms. The van der Waals surface area contributed by atoms with Gasteiger partial charge in [0.25, 0.3) is 0 Å². The quantitative estimate of drug-likeness (QED) is 0.791. The summed E-state index contributed by atoms with van der Waals surface area (Å²) in [5, 5.41) is 6.01. The maximum Gasteiger partial charge on any atom is 0.243 e. The Morgan fingerprint density at radius 1 is 1.18 bits per heavy atom. The number of benzene rings is 1. The van der Waals surface area contributed by atoms with Crippen LogP contribution in [0.5, 0.6) is 0 Å². The van der Waals surface area contributed by atoms with Crippen LogP contribution in [0.25, 0.3) is 0 Å². The molecule has 1 aliphatic carbocycles. The number of rotatable bonds is 1. The second kappa shape index (κ2) is 5.11. The van der Waals surface area contributed by atoms with Crippen molar-refractivity contribution in [3.8, 4) is 0 Å². The molecule has 3 rings (SSSR count). The molecule has 1 spiro atoms. The molecule has 1 saturated carbocycles. The molecular formula is C18H24N2O2. The van der Waals surface area contributed by atoms with Gasteiger partial charge in [0.05, 0.1) is 0 Å². The van der Waals surface area contributed by atoms with Crippen LogP contribution in [0.15, 0.2) is 29.4 Å². The lowest BCUT2D eigenvalue weighted by atomic mass is 9.87. The standard InChI is InChI=1S/C18H24N2O2/c1-13(21)20-18(11-5-6-12-18)22-16(19-20)14-7-9-15(10-8-14)17(2,3)4/h7-10H,5-6,11-12H2,1-4H3. The van der Waals surface area contributed by atoms with Crippen molar-refractivity contribution >= 4 is 11.8 Å². The van der Waals surface area contributed by atoms with E-state index in [4.69, 9.17) is 4.74 Å². The Morgan fingerprint density at radius 2 is 1.77 bits per heavy atom. The highest BCUT2D eigenvalue weighted by molar-refractivity contribution is 5.96. The van der Waals surface area contributed by atoms with Crippen molar-refractivity contribution in [1.82, 2.24) is 5.01 Å². The van der Waals surface area contributed by atoms with Crippen molar-refractivity contribution in [3.63, 3.8) is 0 Å². The Balaban J connectivity index is 1.89. The topological polar surface area (TPSA) is 41.9 Å². The maximum atomic E-state index is 11.9. The Labute approximate surface area is 132 Å². The Bertz CT molecular complexity index is 605. The molecule has 0 unspecified atom stereocenters. The minimum absolute atomic E-state index is 0.0526. The van der Waals surface area contributed by atoms with Crippen molar-refractivity contribution in [1.29, 1.82) is 0 Å². The average Bonchev–Trinajstić information content (AvgIpc) is 3.06. The van der Waals surface area contributed by atoms with Crippen molar-refractivity contribution in [3.05, 3.63) is 35.4 Å². The summed E-state index contributed by atoms with van der Waals surface area (Å²) < 4.78 is 6.15. The second-order valence-corrected chi connectivity index (χ2v) is 7.32. The molecule has 0 radical (unpaired) electrons. The molecule has 1 amide bonds. The number of nitrogens with zero attached hydrogens (tertiary/aromatic N) is 2. The number of ether oxygens (including phenoxy) is 1.